The summed E-state index contributed by atoms with van der Waals surface area (Å²) in [4.78, 5) is 4.44. The average Bonchev–Trinajstić information content (AvgIpc) is 2.74. The van der Waals surface area contributed by atoms with Crippen LogP contribution in [0.25, 0.3) is 21.8 Å². The maximum Gasteiger partial charge on any atom is 0.152 e. The molecule has 0 aliphatic carbocycles. The van der Waals surface area contributed by atoms with Gasteiger partial charge in [-0.15, -0.1) is 0 Å². The number of unbranched alkanes of at least 4 members (excludes halogenated alkanes) is 1. The van der Waals surface area contributed by atoms with Crippen molar-refractivity contribution in [1.29, 1.82) is 0 Å². The molecule has 0 amide bonds. The molecule has 0 atom stereocenters. The predicted octanol–water partition coefficient (Wildman–Crippen LogP) is 3.05. The number of para-hydroxylation sites is 1. The largest absolute Gasteiger partial charge is 0.382 e. The first-order valence-corrected chi connectivity index (χ1v) is 6.72. The molecular weight excluding hydrogens is 236 g/mol. The monoisotopic (exact) mass is 254 g/mol. The summed E-state index contributed by atoms with van der Waals surface area (Å²) in [6.45, 7) is 2.20. The summed E-state index contributed by atoms with van der Waals surface area (Å²) in [5.74, 6) is 0.520. The van der Waals surface area contributed by atoms with Crippen LogP contribution in [-0.4, -0.2) is 14.8 Å². The number of aryl methyl sites for hydroxylation is 2. The van der Waals surface area contributed by atoms with E-state index in [1.165, 1.54) is 17.5 Å². The third-order valence-corrected chi connectivity index (χ3v) is 3.59. The number of nitrogen functional groups attached to an aromatic ring is 1. The number of nitrogens with zero attached hydrogens (tertiary/aromatic N) is 3. The van der Waals surface area contributed by atoms with E-state index >= 15 is 0 Å². The van der Waals surface area contributed by atoms with Gasteiger partial charge in [-0.2, -0.15) is 5.10 Å². The number of rotatable bonds is 3. The van der Waals surface area contributed by atoms with E-state index in [4.69, 9.17) is 5.73 Å². The lowest BCUT2D eigenvalue weighted by atomic mass is 10.1. The van der Waals surface area contributed by atoms with Crippen LogP contribution in [0.3, 0.4) is 0 Å². The van der Waals surface area contributed by atoms with E-state index in [0.29, 0.717) is 5.82 Å². The van der Waals surface area contributed by atoms with Crippen LogP contribution in [0.2, 0.25) is 0 Å². The lowest BCUT2D eigenvalue weighted by Gasteiger charge is -2.04. The minimum absolute atomic E-state index is 0.520. The lowest BCUT2D eigenvalue weighted by molar-refractivity contribution is 0.684. The molecule has 0 saturated heterocycles. The van der Waals surface area contributed by atoms with Crippen molar-refractivity contribution in [2.45, 2.75) is 26.2 Å². The Morgan fingerprint density at radius 3 is 2.84 bits per heavy atom. The summed E-state index contributed by atoms with van der Waals surface area (Å²) < 4.78 is 1.95. The normalized spacial score (nSPS) is 11.5. The van der Waals surface area contributed by atoms with E-state index in [-0.39, 0.29) is 0 Å². The lowest BCUT2D eigenvalue weighted by Crippen LogP contribution is -1.98. The van der Waals surface area contributed by atoms with Crippen molar-refractivity contribution in [3.63, 3.8) is 0 Å². The van der Waals surface area contributed by atoms with Gasteiger partial charge < -0.3 is 5.73 Å². The molecule has 0 spiro atoms. The van der Waals surface area contributed by atoms with Crippen LogP contribution in [0.4, 0.5) is 5.82 Å². The summed E-state index contributed by atoms with van der Waals surface area (Å²) in [6.07, 6.45) is 3.35. The van der Waals surface area contributed by atoms with Gasteiger partial charge in [-0.1, -0.05) is 31.5 Å². The Bertz CT molecular complexity index is 743. The van der Waals surface area contributed by atoms with E-state index in [9.17, 15) is 0 Å². The Hall–Kier alpha value is -2.10. The summed E-state index contributed by atoms with van der Waals surface area (Å²) in [5, 5.41) is 6.85. The van der Waals surface area contributed by atoms with Crippen LogP contribution in [-0.2, 0) is 13.5 Å². The fourth-order valence-corrected chi connectivity index (χ4v) is 2.62. The molecule has 0 fully saturated rings. The molecule has 3 rings (SSSR count). The van der Waals surface area contributed by atoms with E-state index < -0.39 is 0 Å². The molecule has 0 aliphatic heterocycles. The minimum Gasteiger partial charge on any atom is -0.382 e. The number of benzene rings is 1. The van der Waals surface area contributed by atoms with Crippen molar-refractivity contribution in [3.8, 4) is 0 Å². The molecule has 2 aromatic heterocycles. The first-order valence-electron chi connectivity index (χ1n) is 6.72. The molecule has 1 aromatic carbocycles. The van der Waals surface area contributed by atoms with Crippen molar-refractivity contribution in [2.24, 2.45) is 7.05 Å². The Morgan fingerprint density at radius 2 is 2.05 bits per heavy atom. The highest BCUT2D eigenvalue weighted by Gasteiger charge is 2.15. The zero-order valence-corrected chi connectivity index (χ0v) is 11.3. The molecule has 4 heteroatoms. The third-order valence-electron chi connectivity index (χ3n) is 3.59. The van der Waals surface area contributed by atoms with E-state index in [1.807, 2.05) is 29.9 Å². The maximum atomic E-state index is 6.05. The minimum atomic E-state index is 0.520. The first kappa shape index (κ1) is 12.0. The van der Waals surface area contributed by atoms with Gasteiger partial charge in [0.15, 0.2) is 5.82 Å². The smallest absolute Gasteiger partial charge is 0.152 e. The van der Waals surface area contributed by atoms with Gasteiger partial charge in [-0.05, 0) is 18.9 Å². The number of pyridine rings is 1. The zero-order valence-electron chi connectivity index (χ0n) is 11.3. The van der Waals surface area contributed by atoms with Crippen LogP contribution in [0, 0.1) is 0 Å². The van der Waals surface area contributed by atoms with Crippen molar-refractivity contribution < 1.29 is 0 Å². The number of fused-ring (bicyclic) bond motifs is 3. The summed E-state index contributed by atoms with van der Waals surface area (Å²) in [7, 11) is 1.99. The van der Waals surface area contributed by atoms with Crippen LogP contribution >= 0.6 is 0 Å². The second-order valence-electron chi connectivity index (χ2n) is 4.91. The summed E-state index contributed by atoms with van der Waals surface area (Å²) in [6, 6.07) is 8.13. The van der Waals surface area contributed by atoms with Crippen molar-refractivity contribution in [2.75, 3.05) is 5.73 Å². The molecule has 2 N–H and O–H groups in total. The van der Waals surface area contributed by atoms with Crippen molar-refractivity contribution in [1.82, 2.24) is 14.8 Å². The molecule has 0 unspecified atom stereocenters. The standard InChI is InChI=1S/C15H18N4/c1-3-4-9-12-13-10-7-5-6-8-11(10)17-15(16)14(13)18-19(12)2/h5-8H,3-4,9H2,1-2H3,(H2,16,17). The van der Waals surface area contributed by atoms with Gasteiger partial charge in [0.05, 0.1) is 5.52 Å². The fourth-order valence-electron chi connectivity index (χ4n) is 2.62. The molecule has 4 nitrogen and oxygen atoms in total. The van der Waals surface area contributed by atoms with Gasteiger partial charge in [0.2, 0.25) is 0 Å². The summed E-state index contributed by atoms with van der Waals surface area (Å²) >= 11 is 0. The van der Waals surface area contributed by atoms with E-state index in [2.05, 4.69) is 23.1 Å². The van der Waals surface area contributed by atoms with E-state index in [1.54, 1.807) is 0 Å². The fraction of sp³-hybridized carbons (Fsp3) is 0.333. The highest BCUT2D eigenvalue weighted by Crippen LogP contribution is 2.30. The SMILES string of the molecule is CCCCc1c2c(nn1C)c(N)nc1ccccc12. The molecule has 98 valence electrons. The Kier molecular flexibility index (Phi) is 2.85. The first-order chi connectivity index (χ1) is 9.22. The maximum absolute atomic E-state index is 6.05. The topological polar surface area (TPSA) is 56.7 Å². The zero-order chi connectivity index (χ0) is 13.4. The number of hydrogen-bond acceptors (Lipinski definition) is 3. The number of nitrogens with two attached hydrogens (primary N) is 1. The van der Waals surface area contributed by atoms with Crippen LogP contribution in [0.5, 0.6) is 0 Å². The van der Waals surface area contributed by atoms with Gasteiger partial charge in [-0.3, -0.25) is 4.68 Å². The Morgan fingerprint density at radius 1 is 1.26 bits per heavy atom. The number of hydrogen-bond donors (Lipinski definition) is 1. The second kappa shape index (κ2) is 4.53. The highest BCUT2D eigenvalue weighted by molar-refractivity contribution is 6.09. The van der Waals surface area contributed by atoms with Crippen LogP contribution < -0.4 is 5.73 Å². The molecular formula is C15H18N4. The third kappa shape index (κ3) is 1.84. The van der Waals surface area contributed by atoms with Crippen molar-refractivity contribution in [3.05, 3.63) is 30.0 Å². The molecule has 0 bridgehead atoms. The molecule has 0 radical (unpaired) electrons. The highest BCUT2D eigenvalue weighted by atomic mass is 15.3. The quantitative estimate of drug-likeness (QED) is 0.781. The Balaban J connectivity index is 2.39. The van der Waals surface area contributed by atoms with Gasteiger partial charge in [0, 0.05) is 23.5 Å². The van der Waals surface area contributed by atoms with Gasteiger partial charge in [0.25, 0.3) is 0 Å². The van der Waals surface area contributed by atoms with Gasteiger partial charge in [0.1, 0.15) is 5.52 Å². The van der Waals surface area contributed by atoms with E-state index in [0.717, 1.165) is 29.3 Å². The number of aromatic nitrogens is 3. The predicted molar refractivity (Wildman–Crippen MR) is 79.0 cm³/mol. The molecule has 0 saturated carbocycles. The molecule has 19 heavy (non-hydrogen) atoms. The number of anilines is 1. The summed E-state index contributed by atoms with van der Waals surface area (Å²) in [5.41, 5.74) is 9.07. The Labute approximate surface area is 112 Å². The second-order valence-corrected chi connectivity index (χ2v) is 4.91. The average molecular weight is 254 g/mol. The molecule has 2 heterocycles. The van der Waals surface area contributed by atoms with Crippen LogP contribution in [0.15, 0.2) is 24.3 Å². The van der Waals surface area contributed by atoms with Crippen LogP contribution in [0.1, 0.15) is 25.5 Å². The van der Waals surface area contributed by atoms with Gasteiger partial charge in [-0.25, -0.2) is 4.98 Å². The molecule has 3 aromatic rings. The van der Waals surface area contributed by atoms with Crippen molar-refractivity contribution >= 4 is 27.6 Å². The molecule has 0 aliphatic rings. The van der Waals surface area contributed by atoms with Gasteiger partial charge >= 0.3 is 0 Å².